The molecule has 1 saturated heterocycles. The van der Waals surface area contributed by atoms with Crippen LogP contribution in [0.4, 0.5) is 5.13 Å². The van der Waals surface area contributed by atoms with Gasteiger partial charge in [-0.1, -0.05) is 74.5 Å². The number of anilines is 1. The highest BCUT2D eigenvalue weighted by atomic mass is 32.1. The molecule has 0 atom stereocenters. The van der Waals surface area contributed by atoms with E-state index in [9.17, 15) is 4.79 Å². The lowest BCUT2D eigenvalue weighted by Gasteiger charge is -2.33. The monoisotopic (exact) mass is 476 g/mol. The van der Waals surface area contributed by atoms with Crippen molar-refractivity contribution >= 4 is 22.6 Å². The minimum Gasteiger partial charge on any atom is -0.346 e. The van der Waals surface area contributed by atoms with Gasteiger partial charge in [0.15, 0.2) is 0 Å². The first-order valence-corrected chi connectivity index (χ1v) is 13.3. The highest BCUT2D eigenvalue weighted by Crippen LogP contribution is 2.24. The van der Waals surface area contributed by atoms with Crippen LogP contribution >= 0.6 is 11.5 Å². The quantitative estimate of drug-likeness (QED) is 0.390. The van der Waals surface area contributed by atoms with Crippen LogP contribution in [0.3, 0.4) is 0 Å². The zero-order chi connectivity index (χ0) is 23.8. The van der Waals surface area contributed by atoms with Crippen molar-refractivity contribution in [3.63, 3.8) is 0 Å². The Hall–Kier alpha value is -2.73. The highest BCUT2D eigenvalue weighted by molar-refractivity contribution is 7.09. The third-order valence-electron chi connectivity index (χ3n) is 6.45. The summed E-state index contributed by atoms with van der Waals surface area (Å²) in [6.45, 7) is 7.74. The molecule has 3 aromatic rings. The molecule has 0 spiro atoms. The van der Waals surface area contributed by atoms with Crippen LogP contribution in [0, 0.1) is 11.8 Å². The first-order valence-electron chi connectivity index (χ1n) is 12.5. The van der Waals surface area contributed by atoms with Crippen LogP contribution in [0.15, 0.2) is 60.7 Å². The van der Waals surface area contributed by atoms with Gasteiger partial charge in [0.05, 0.1) is 0 Å². The summed E-state index contributed by atoms with van der Waals surface area (Å²) < 4.78 is 4.59. The molecule has 180 valence electrons. The van der Waals surface area contributed by atoms with Crippen molar-refractivity contribution in [2.24, 2.45) is 11.8 Å². The van der Waals surface area contributed by atoms with E-state index in [0.717, 1.165) is 56.3 Å². The molecule has 0 bridgehead atoms. The van der Waals surface area contributed by atoms with Crippen LogP contribution in [-0.2, 0) is 17.6 Å². The van der Waals surface area contributed by atoms with Crippen molar-refractivity contribution < 1.29 is 4.79 Å². The largest absolute Gasteiger partial charge is 0.346 e. The smallest absolute Gasteiger partial charge is 0.224 e. The molecule has 4 rings (SSSR count). The number of piperidine rings is 1. The number of carbonyl (C=O) groups is 1. The normalized spacial score (nSPS) is 14.5. The Morgan fingerprint density at radius 1 is 1.03 bits per heavy atom. The van der Waals surface area contributed by atoms with Crippen LogP contribution in [0.5, 0.6) is 0 Å². The van der Waals surface area contributed by atoms with Gasteiger partial charge in [-0.15, -0.1) is 0 Å². The molecule has 2 aromatic carbocycles. The average Bonchev–Trinajstić information content (AvgIpc) is 3.31. The Balaban J connectivity index is 1.28. The minimum absolute atomic E-state index is 0.265. The second-order valence-corrected chi connectivity index (χ2v) is 10.5. The molecule has 0 unspecified atom stereocenters. The van der Waals surface area contributed by atoms with Crippen molar-refractivity contribution in [2.75, 3.05) is 31.1 Å². The molecule has 0 N–H and O–H groups in total. The summed E-state index contributed by atoms with van der Waals surface area (Å²) in [6, 6.07) is 21.0. The van der Waals surface area contributed by atoms with Gasteiger partial charge in [0.1, 0.15) is 5.82 Å². The topological polar surface area (TPSA) is 49.3 Å². The van der Waals surface area contributed by atoms with Crippen molar-refractivity contribution in [1.29, 1.82) is 0 Å². The van der Waals surface area contributed by atoms with E-state index in [-0.39, 0.29) is 5.91 Å². The lowest BCUT2D eigenvalue weighted by atomic mass is 9.90. The number of aromatic nitrogens is 2. The zero-order valence-electron chi connectivity index (χ0n) is 20.4. The van der Waals surface area contributed by atoms with Gasteiger partial charge >= 0.3 is 0 Å². The fraction of sp³-hybridized carbons (Fsp3) is 0.464. The molecule has 34 heavy (non-hydrogen) atoms. The first-order chi connectivity index (χ1) is 16.6. The van der Waals surface area contributed by atoms with E-state index in [1.165, 1.54) is 22.7 Å². The van der Waals surface area contributed by atoms with Gasteiger partial charge in [-0.05, 0) is 42.2 Å². The lowest BCUT2D eigenvalue weighted by Crippen LogP contribution is -2.40. The molecule has 1 aliphatic heterocycles. The molecule has 6 heteroatoms. The Morgan fingerprint density at radius 2 is 1.68 bits per heavy atom. The predicted octanol–water partition coefficient (Wildman–Crippen LogP) is 5.46. The maximum atomic E-state index is 13.0. The molecule has 0 aliphatic carbocycles. The van der Waals surface area contributed by atoms with Crippen LogP contribution in [0.1, 0.15) is 50.1 Å². The van der Waals surface area contributed by atoms with Crippen LogP contribution < -0.4 is 4.90 Å². The third kappa shape index (κ3) is 7.13. The standard InChI is InChI=1S/C28H36N4OS/c1-22(2)21-32(28-29-26(30-34-28)20-24-11-7-4-8-12-24)18-15-27(33)31-16-13-25(14-17-31)19-23-9-5-3-6-10-23/h3-12,22,25H,13-21H2,1-2H3. The van der Waals surface area contributed by atoms with E-state index in [4.69, 9.17) is 4.98 Å². The molecular weight excluding hydrogens is 440 g/mol. The molecule has 2 heterocycles. The van der Waals surface area contributed by atoms with Gasteiger partial charge in [0.25, 0.3) is 0 Å². The maximum Gasteiger partial charge on any atom is 0.224 e. The van der Waals surface area contributed by atoms with Crippen LogP contribution in [0.25, 0.3) is 0 Å². The van der Waals surface area contributed by atoms with Crippen molar-refractivity contribution in [2.45, 2.75) is 46.0 Å². The van der Waals surface area contributed by atoms with Gasteiger partial charge in [0.2, 0.25) is 11.0 Å². The van der Waals surface area contributed by atoms with Gasteiger partial charge < -0.3 is 9.80 Å². The predicted molar refractivity (Wildman–Crippen MR) is 140 cm³/mol. The van der Waals surface area contributed by atoms with Crippen molar-refractivity contribution in [3.8, 4) is 0 Å². The van der Waals surface area contributed by atoms with E-state index in [0.29, 0.717) is 24.8 Å². The van der Waals surface area contributed by atoms with E-state index in [2.05, 4.69) is 70.5 Å². The lowest BCUT2D eigenvalue weighted by molar-refractivity contribution is -0.132. The number of nitrogens with zero attached hydrogens (tertiary/aromatic N) is 4. The second kappa shape index (κ2) is 12.1. The van der Waals surface area contributed by atoms with E-state index in [1.807, 2.05) is 18.2 Å². The molecule has 0 saturated carbocycles. The summed E-state index contributed by atoms with van der Waals surface area (Å²) in [6.07, 6.45) is 4.58. The van der Waals surface area contributed by atoms with Crippen molar-refractivity contribution in [1.82, 2.24) is 14.3 Å². The first kappa shape index (κ1) is 24.4. The summed E-state index contributed by atoms with van der Waals surface area (Å²) in [4.78, 5) is 22.1. The summed E-state index contributed by atoms with van der Waals surface area (Å²) in [7, 11) is 0. The summed E-state index contributed by atoms with van der Waals surface area (Å²) in [5, 5.41) is 0.925. The van der Waals surface area contributed by atoms with Gasteiger partial charge in [-0.2, -0.15) is 4.37 Å². The number of hydrogen-bond acceptors (Lipinski definition) is 5. The maximum absolute atomic E-state index is 13.0. The summed E-state index contributed by atoms with van der Waals surface area (Å²) >= 11 is 1.45. The average molecular weight is 477 g/mol. The van der Waals surface area contributed by atoms with Gasteiger partial charge in [-0.25, -0.2) is 4.98 Å². The Kier molecular flexibility index (Phi) is 8.69. The number of rotatable bonds is 10. The SMILES string of the molecule is CC(C)CN(CCC(=O)N1CCC(Cc2ccccc2)CC1)c1nc(Cc2ccccc2)ns1. The number of hydrogen-bond donors (Lipinski definition) is 0. The molecule has 1 aliphatic rings. The number of likely N-dealkylation sites (tertiary alicyclic amines) is 1. The van der Waals surface area contributed by atoms with Crippen LogP contribution in [0.2, 0.25) is 0 Å². The number of amides is 1. The molecule has 0 radical (unpaired) electrons. The van der Waals surface area contributed by atoms with Crippen LogP contribution in [-0.4, -0.2) is 46.3 Å². The Bertz CT molecular complexity index is 1010. The molecular formula is C28H36N4OS. The van der Waals surface area contributed by atoms with E-state index in [1.54, 1.807) is 0 Å². The third-order valence-corrected chi connectivity index (χ3v) is 7.26. The summed E-state index contributed by atoms with van der Waals surface area (Å²) in [5.41, 5.74) is 2.62. The number of carbonyl (C=O) groups excluding carboxylic acids is 1. The molecule has 1 amide bonds. The Morgan fingerprint density at radius 3 is 2.32 bits per heavy atom. The van der Waals surface area contributed by atoms with Crippen molar-refractivity contribution in [3.05, 3.63) is 77.6 Å². The Labute approximate surface area is 208 Å². The second-order valence-electron chi connectivity index (χ2n) is 9.76. The highest BCUT2D eigenvalue weighted by Gasteiger charge is 2.24. The van der Waals surface area contributed by atoms with Gasteiger partial charge in [0, 0.05) is 50.6 Å². The molecule has 1 aromatic heterocycles. The fourth-order valence-corrected chi connectivity index (χ4v) is 5.37. The zero-order valence-corrected chi connectivity index (χ0v) is 21.2. The summed E-state index contributed by atoms with van der Waals surface area (Å²) in [5.74, 6) is 2.28. The fourth-order valence-electron chi connectivity index (χ4n) is 4.65. The van der Waals surface area contributed by atoms with Gasteiger partial charge in [-0.3, -0.25) is 4.79 Å². The minimum atomic E-state index is 0.265. The molecule has 5 nitrogen and oxygen atoms in total. The van der Waals surface area contributed by atoms with E-state index >= 15 is 0 Å². The molecule has 1 fully saturated rings. The number of benzene rings is 2. The van der Waals surface area contributed by atoms with E-state index < -0.39 is 0 Å².